The Kier molecular flexibility index (Phi) is 7.69. The van der Waals surface area contributed by atoms with E-state index < -0.39 is 6.10 Å². The van der Waals surface area contributed by atoms with Crippen molar-refractivity contribution >= 4 is 23.3 Å². The molecular formula is C26H30ClN5O4. The van der Waals surface area contributed by atoms with E-state index in [1.54, 1.807) is 12.3 Å². The van der Waals surface area contributed by atoms with Crippen molar-refractivity contribution < 1.29 is 19.1 Å². The third-order valence-corrected chi connectivity index (χ3v) is 6.96. The van der Waals surface area contributed by atoms with Crippen LogP contribution in [0.1, 0.15) is 46.5 Å². The van der Waals surface area contributed by atoms with Gasteiger partial charge in [-0.1, -0.05) is 17.7 Å². The molecule has 1 atom stereocenters. The van der Waals surface area contributed by atoms with Crippen LogP contribution in [0.4, 0.5) is 5.82 Å². The van der Waals surface area contributed by atoms with Crippen molar-refractivity contribution in [1.29, 1.82) is 0 Å². The van der Waals surface area contributed by atoms with E-state index in [0.29, 0.717) is 36.3 Å². The van der Waals surface area contributed by atoms with Crippen LogP contribution in [0.2, 0.25) is 5.02 Å². The topological polar surface area (TPSA) is 113 Å². The van der Waals surface area contributed by atoms with Crippen molar-refractivity contribution in [3.63, 3.8) is 0 Å². The van der Waals surface area contributed by atoms with Gasteiger partial charge in [-0.3, -0.25) is 9.69 Å². The molecule has 3 aromatic rings. The minimum Gasteiger partial charge on any atom is -0.486 e. The van der Waals surface area contributed by atoms with E-state index >= 15 is 0 Å². The molecule has 0 radical (unpaired) electrons. The Morgan fingerprint density at radius 1 is 1.28 bits per heavy atom. The van der Waals surface area contributed by atoms with Gasteiger partial charge in [0, 0.05) is 38.4 Å². The van der Waals surface area contributed by atoms with Crippen LogP contribution in [0, 0.1) is 0 Å². The summed E-state index contributed by atoms with van der Waals surface area (Å²) < 4.78 is 11.0. The lowest BCUT2D eigenvalue weighted by Crippen LogP contribution is -2.42. The number of carbonyl (C=O) groups is 1. The summed E-state index contributed by atoms with van der Waals surface area (Å²) in [5.74, 6) is 1.80. The number of carbonyl (C=O) groups excluding carboxylic acids is 1. The molecule has 190 valence electrons. The van der Waals surface area contributed by atoms with Gasteiger partial charge in [-0.2, -0.15) is 0 Å². The van der Waals surface area contributed by atoms with Crippen molar-refractivity contribution in [2.45, 2.75) is 51.0 Å². The molecule has 1 aliphatic carbocycles. The molecule has 1 saturated carbocycles. The van der Waals surface area contributed by atoms with Crippen LogP contribution in [-0.2, 0) is 19.6 Å². The highest BCUT2D eigenvalue weighted by atomic mass is 35.5. The zero-order valence-electron chi connectivity index (χ0n) is 20.0. The quantitative estimate of drug-likeness (QED) is 0.379. The summed E-state index contributed by atoms with van der Waals surface area (Å²) in [6, 6.07) is 8.15. The fourth-order valence-corrected chi connectivity index (χ4v) is 4.61. The van der Waals surface area contributed by atoms with Crippen molar-refractivity contribution in [3.8, 4) is 5.75 Å². The largest absolute Gasteiger partial charge is 0.486 e. The third-order valence-electron chi connectivity index (χ3n) is 6.66. The number of aliphatic hydroxyl groups is 1. The van der Waals surface area contributed by atoms with Gasteiger partial charge >= 0.3 is 0 Å². The van der Waals surface area contributed by atoms with Crippen LogP contribution < -0.4 is 15.4 Å². The second kappa shape index (κ2) is 11.3. The van der Waals surface area contributed by atoms with E-state index in [-0.39, 0.29) is 17.5 Å². The van der Waals surface area contributed by atoms with Crippen LogP contribution in [0.25, 0.3) is 0 Å². The number of pyridine rings is 1. The van der Waals surface area contributed by atoms with Crippen molar-refractivity contribution in [1.82, 2.24) is 20.2 Å². The predicted octanol–water partition coefficient (Wildman–Crippen LogP) is 3.42. The number of benzene rings is 1. The summed E-state index contributed by atoms with van der Waals surface area (Å²) in [6.45, 7) is 2.49. The Morgan fingerprint density at radius 3 is 2.94 bits per heavy atom. The molecule has 10 heteroatoms. The molecule has 36 heavy (non-hydrogen) atoms. The lowest BCUT2D eigenvalue weighted by atomic mass is 9.93. The molecule has 5 rings (SSSR count). The number of amides is 1. The van der Waals surface area contributed by atoms with Crippen LogP contribution in [0.15, 0.2) is 47.5 Å². The second-order valence-electron chi connectivity index (χ2n) is 9.36. The van der Waals surface area contributed by atoms with Gasteiger partial charge in [-0.25, -0.2) is 9.97 Å². The minimum absolute atomic E-state index is 0.140. The molecule has 0 unspecified atom stereocenters. The zero-order valence-corrected chi connectivity index (χ0v) is 20.7. The molecule has 9 nitrogen and oxygen atoms in total. The molecule has 2 aliphatic rings. The van der Waals surface area contributed by atoms with Crippen LogP contribution in [-0.4, -0.2) is 57.7 Å². The van der Waals surface area contributed by atoms with Gasteiger partial charge in [0.2, 0.25) is 0 Å². The first-order valence-electron chi connectivity index (χ1n) is 12.3. The number of ether oxygens (including phenoxy) is 1. The van der Waals surface area contributed by atoms with E-state index in [9.17, 15) is 9.90 Å². The normalized spacial score (nSPS) is 16.6. The first-order valence-corrected chi connectivity index (χ1v) is 12.6. The summed E-state index contributed by atoms with van der Waals surface area (Å²) in [7, 11) is 0. The Balaban J connectivity index is 1.09. The summed E-state index contributed by atoms with van der Waals surface area (Å²) in [4.78, 5) is 23.1. The fraction of sp³-hybridized carbons (Fsp3) is 0.423. The van der Waals surface area contributed by atoms with E-state index in [2.05, 4.69) is 37.6 Å². The van der Waals surface area contributed by atoms with Crippen LogP contribution in [0.3, 0.4) is 0 Å². The monoisotopic (exact) mass is 511 g/mol. The molecule has 3 N–H and O–H groups in total. The maximum absolute atomic E-state index is 12.7. The summed E-state index contributed by atoms with van der Waals surface area (Å²) >= 11 is 6.21. The number of anilines is 1. The molecule has 3 heterocycles. The molecule has 0 bridgehead atoms. The SMILES string of the molecule is O=C(NC[C@H](O)CN1CCc2cc(OCc3cnco3)ccc2C1)c1cc(NC2CCC2)ncc1Cl. The van der Waals surface area contributed by atoms with Gasteiger partial charge in [0.15, 0.2) is 12.2 Å². The maximum Gasteiger partial charge on any atom is 0.253 e. The Bertz CT molecular complexity index is 1190. The highest BCUT2D eigenvalue weighted by Gasteiger charge is 2.22. The Labute approximate surface area is 214 Å². The molecule has 0 spiro atoms. The van der Waals surface area contributed by atoms with Gasteiger partial charge in [-0.05, 0) is 55.0 Å². The van der Waals surface area contributed by atoms with E-state index in [4.69, 9.17) is 20.8 Å². The predicted molar refractivity (Wildman–Crippen MR) is 135 cm³/mol. The average Bonchev–Trinajstić information content (AvgIpc) is 3.38. The standard InChI is InChI=1S/C26H30ClN5O4/c27-24-12-29-25(31-19-2-1-3-19)9-23(24)26(34)30-10-20(33)14-32-7-6-17-8-21(5-4-18(17)13-32)35-15-22-11-28-16-36-22/h4-5,8-9,11-12,16,19-20,33H,1-3,6-7,10,13-15H2,(H,29,31)(H,30,34)/t20-/m0/s1. The number of oxazole rings is 1. The second-order valence-corrected chi connectivity index (χ2v) is 9.76. The number of fused-ring (bicyclic) bond motifs is 1. The first kappa shape index (κ1) is 24.5. The van der Waals surface area contributed by atoms with Crippen LogP contribution >= 0.6 is 11.6 Å². The third kappa shape index (κ3) is 6.16. The molecular weight excluding hydrogens is 482 g/mol. The van der Waals surface area contributed by atoms with Crippen molar-refractivity contribution in [2.75, 3.05) is 25.0 Å². The van der Waals surface area contributed by atoms with Gasteiger partial charge in [0.1, 0.15) is 18.2 Å². The lowest BCUT2D eigenvalue weighted by molar-refractivity contribution is 0.0842. The Hall–Kier alpha value is -3.14. The van der Waals surface area contributed by atoms with Crippen LogP contribution in [0.5, 0.6) is 5.75 Å². The van der Waals surface area contributed by atoms with E-state index in [0.717, 1.165) is 38.1 Å². The number of hydrogen-bond acceptors (Lipinski definition) is 8. The van der Waals surface area contributed by atoms with Crippen molar-refractivity contribution in [3.05, 3.63) is 70.5 Å². The van der Waals surface area contributed by atoms with Gasteiger partial charge < -0.3 is 24.9 Å². The number of nitrogens with zero attached hydrogens (tertiary/aromatic N) is 3. The molecule has 0 saturated heterocycles. The first-order chi connectivity index (χ1) is 17.5. The highest BCUT2D eigenvalue weighted by Crippen LogP contribution is 2.26. The zero-order chi connectivity index (χ0) is 24.9. The molecule has 1 aromatic carbocycles. The molecule has 2 aromatic heterocycles. The fourth-order valence-electron chi connectivity index (χ4n) is 4.42. The number of nitrogens with one attached hydrogen (secondary N) is 2. The molecule has 1 amide bonds. The number of rotatable bonds is 10. The number of halogens is 1. The van der Waals surface area contributed by atoms with Gasteiger partial charge in [0.05, 0.1) is 22.9 Å². The number of β-amino-alcohol motifs (C(OH)–C–C–N with tert-alkyl or cyclic N) is 1. The summed E-state index contributed by atoms with van der Waals surface area (Å²) in [6.07, 6.45) is 8.10. The number of aromatic nitrogens is 2. The number of hydrogen-bond donors (Lipinski definition) is 3. The minimum atomic E-state index is -0.701. The van der Waals surface area contributed by atoms with E-state index in [1.165, 1.54) is 30.1 Å². The van der Waals surface area contributed by atoms with Gasteiger partial charge in [0.25, 0.3) is 5.91 Å². The smallest absolute Gasteiger partial charge is 0.253 e. The summed E-state index contributed by atoms with van der Waals surface area (Å²) in [5.41, 5.74) is 2.80. The molecule has 1 fully saturated rings. The maximum atomic E-state index is 12.7. The Morgan fingerprint density at radius 2 is 2.17 bits per heavy atom. The average molecular weight is 512 g/mol. The van der Waals surface area contributed by atoms with E-state index in [1.807, 2.05) is 6.07 Å². The lowest BCUT2D eigenvalue weighted by Gasteiger charge is -2.30. The van der Waals surface area contributed by atoms with Crippen molar-refractivity contribution in [2.24, 2.45) is 0 Å². The van der Waals surface area contributed by atoms with Gasteiger partial charge in [-0.15, -0.1) is 0 Å². The molecule has 1 aliphatic heterocycles. The highest BCUT2D eigenvalue weighted by molar-refractivity contribution is 6.33. The summed E-state index contributed by atoms with van der Waals surface area (Å²) in [5, 5.41) is 17.0. The number of aliphatic hydroxyl groups excluding tert-OH is 1.